The number of carbonyl (C=O) groups is 1. The number of halogens is 1. The Morgan fingerprint density at radius 2 is 2.15 bits per heavy atom. The first-order valence-electron chi connectivity index (χ1n) is 6.45. The van der Waals surface area contributed by atoms with Crippen LogP contribution in [0.25, 0.3) is 11.0 Å². The molecule has 0 aliphatic rings. The topological polar surface area (TPSA) is 49.8 Å². The number of nitrogens with zero attached hydrogens (tertiary/aromatic N) is 1. The zero-order valence-electron chi connectivity index (χ0n) is 11.8. The molecule has 0 saturated carbocycles. The summed E-state index contributed by atoms with van der Waals surface area (Å²) in [6.07, 6.45) is 0.390. The average molecular weight is 312 g/mol. The number of hydrogen-bond acceptors (Lipinski definition) is 2. The van der Waals surface area contributed by atoms with E-state index >= 15 is 0 Å². The van der Waals surface area contributed by atoms with Crippen molar-refractivity contribution in [2.24, 2.45) is 0 Å². The van der Waals surface area contributed by atoms with E-state index < -0.39 is 0 Å². The summed E-state index contributed by atoms with van der Waals surface area (Å²) in [5.74, 6) is 0.0164. The maximum absolute atomic E-state index is 11.9. The smallest absolute Gasteiger partial charge is 0.222 e. The fourth-order valence-electron chi connectivity index (χ4n) is 2.05. The number of aromatic amines is 1. The fraction of sp³-hybridized carbons (Fsp3) is 0.429. The van der Waals surface area contributed by atoms with Gasteiger partial charge in [-0.3, -0.25) is 4.79 Å². The Morgan fingerprint density at radius 1 is 1.45 bits per heavy atom. The average Bonchev–Trinajstić information content (AvgIpc) is 2.59. The van der Waals surface area contributed by atoms with Crippen molar-refractivity contribution in [2.45, 2.75) is 39.3 Å². The van der Waals surface area contributed by atoms with Crippen LogP contribution in [0.15, 0.2) is 18.2 Å². The van der Waals surface area contributed by atoms with Crippen molar-refractivity contribution in [1.82, 2.24) is 14.9 Å². The van der Waals surface area contributed by atoms with Crippen LogP contribution < -0.4 is 5.32 Å². The molecule has 0 bridgehead atoms. The van der Waals surface area contributed by atoms with Crippen LogP contribution in [0.4, 0.5) is 0 Å². The molecular formula is C14H18ClN3OS. The van der Waals surface area contributed by atoms with Crippen LogP contribution in [0.2, 0.25) is 5.02 Å². The van der Waals surface area contributed by atoms with Crippen LogP contribution >= 0.6 is 23.8 Å². The van der Waals surface area contributed by atoms with Gasteiger partial charge < -0.3 is 14.9 Å². The molecule has 20 heavy (non-hydrogen) atoms. The van der Waals surface area contributed by atoms with Gasteiger partial charge in [0.2, 0.25) is 5.91 Å². The van der Waals surface area contributed by atoms with Crippen molar-refractivity contribution in [3.05, 3.63) is 28.0 Å². The molecular weight excluding hydrogens is 294 g/mol. The maximum Gasteiger partial charge on any atom is 0.222 e. The van der Waals surface area contributed by atoms with Crippen molar-refractivity contribution in [2.75, 3.05) is 0 Å². The third-order valence-electron chi connectivity index (χ3n) is 2.81. The highest BCUT2D eigenvalue weighted by molar-refractivity contribution is 7.71. The van der Waals surface area contributed by atoms with E-state index in [0.29, 0.717) is 22.8 Å². The van der Waals surface area contributed by atoms with E-state index in [0.717, 1.165) is 11.0 Å². The van der Waals surface area contributed by atoms with Gasteiger partial charge in [-0.05, 0) is 51.2 Å². The van der Waals surface area contributed by atoms with Gasteiger partial charge in [0, 0.05) is 23.5 Å². The molecule has 0 fully saturated rings. The molecule has 1 aromatic heterocycles. The highest BCUT2D eigenvalue weighted by Crippen LogP contribution is 2.19. The molecule has 4 nitrogen and oxygen atoms in total. The summed E-state index contributed by atoms with van der Waals surface area (Å²) in [4.78, 5) is 15.0. The number of nitrogens with one attached hydrogen (secondary N) is 2. The Balaban J connectivity index is 2.16. The molecule has 2 N–H and O–H groups in total. The van der Waals surface area contributed by atoms with E-state index in [1.54, 1.807) is 0 Å². The minimum Gasteiger partial charge on any atom is -0.351 e. The van der Waals surface area contributed by atoms with Crippen molar-refractivity contribution in [3.63, 3.8) is 0 Å². The van der Waals surface area contributed by atoms with Gasteiger partial charge in [0.15, 0.2) is 4.77 Å². The summed E-state index contributed by atoms with van der Waals surface area (Å²) >= 11 is 11.2. The normalized spacial score (nSPS) is 11.8. The molecule has 2 aromatic rings. The second-order valence-electron chi connectivity index (χ2n) is 5.79. The standard InChI is InChI=1S/C14H18ClN3OS/c1-14(2,3)17-12(19)6-7-18-11-5-4-9(15)8-10(11)16-13(18)20/h4-5,8H,6-7H2,1-3H3,(H,16,20)(H,17,19). The molecule has 0 spiro atoms. The Bertz CT molecular complexity index is 696. The minimum atomic E-state index is -0.216. The lowest BCUT2D eigenvalue weighted by atomic mass is 10.1. The molecule has 0 saturated heterocycles. The van der Waals surface area contributed by atoms with E-state index in [9.17, 15) is 4.79 Å². The third-order valence-corrected chi connectivity index (χ3v) is 3.37. The number of hydrogen-bond donors (Lipinski definition) is 2. The van der Waals surface area contributed by atoms with Crippen molar-refractivity contribution in [1.29, 1.82) is 0 Å². The number of amides is 1. The molecule has 2 rings (SSSR count). The first kappa shape index (κ1) is 15.1. The van der Waals surface area contributed by atoms with E-state index in [-0.39, 0.29) is 11.4 Å². The van der Waals surface area contributed by atoms with Gasteiger partial charge in [-0.1, -0.05) is 11.6 Å². The molecule has 0 radical (unpaired) electrons. The molecule has 6 heteroatoms. The summed E-state index contributed by atoms with van der Waals surface area (Å²) in [5.41, 5.74) is 1.63. The zero-order chi connectivity index (χ0) is 14.9. The second-order valence-corrected chi connectivity index (χ2v) is 6.61. The summed E-state index contributed by atoms with van der Waals surface area (Å²) < 4.78 is 2.52. The first-order chi connectivity index (χ1) is 9.26. The molecule has 0 aliphatic carbocycles. The van der Waals surface area contributed by atoms with E-state index in [1.165, 1.54) is 0 Å². The lowest BCUT2D eigenvalue weighted by Crippen LogP contribution is -2.40. The number of fused-ring (bicyclic) bond motifs is 1. The van der Waals surface area contributed by atoms with E-state index in [4.69, 9.17) is 23.8 Å². The Hall–Kier alpha value is -1.33. The second kappa shape index (κ2) is 5.58. The minimum absolute atomic E-state index is 0.0164. The maximum atomic E-state index is 11.9. The Kier molecular flexibility index (Phi) is 4.20. The molecule has 1 amide bonds. The quantitative estimate of drug-likeness (QED) is 0.850. The summed E-state index contributed by atoms with van der Waals surface area (Å²) in [6.45, 7) is 6.43. The van der Waals surface area contributed by atoms with E-state index in [1.807, 2.05) is 43.5 Å². The van der Waals surface area contributed by atoms with Crippen LogP contribution in [0.5, 0.6) is 0 Å². The number of rotatable bonds is 3. The molecule has 0 aliphatic heterocycles. The van der Waals surface area contributed by atoms with Gasteiger partial charge >= 0.3 is 0 Å². The lowest BCUT2D eigenvalue weighted by molar-refractivity contribution is -0.122. The Labute approximate surface area is 128 Å². The third kappa shape index (κ3) is 3.61. The zero-order valence-corrected chi connectivity index (χ0v) is 13.4. The van der Waals surface area contributed by atoms with Crippen LogP contribution in [-0.2, 0) is 11.3 Å². The predicted octanol–water partition coefficient (Wildman–Crippen LogP) is 3.66. The van der Waals surface area contributed by atoms with Gasteiger partial charge in [0.05, 0.1) is 11.0 Å². The van der Waals surface area contributed by atoms with Gasteiger partial charge in [-0.25, -0.2) is 0 Å². The fourth-order valence-corrected chi connectivity index (χ4v) is 2.52. The number of aromatic nitrogens is 2. The van der Waals surface area contributed by atoms with Crippen molar-refractivity contribution < 1.29 is 4.79 Å². The number of carbonyl (C=O) groups excluding carboxylic acids is 1. The Morgan fingerprint density at radius 3 is 2.80 bits per heavy atom. The highest BCUT2D eigenvalue weighted by atomic mass is 35.5. The first-order valence-corrected chi connectivity index (χ1v) is 7.24. The van der Waals surface area contributed by atoms with E-state index in [2.05, 4.69) is 10.3 Å². The number of imidazole rings is 1. The van der Waals surface area contributed by atoms with Crippen LogP contribution in [-0.4, -0.2) is 21.0 Å². The largest absolute Gasteiger partial charge is 0.351 e. The van der Waals surface area contributed by atoms with Crippen LogP contribution in [0, 0.1) is 4.77 Å². The summed E-state index contributed by atoms with van der Waals surface area (Å²) in [7, 11) is 0. The van der Waals surface area contributed by atoms with Gasteiger partial charge in [-0.15, -0.1) is 0 Å². The predicted molar refractivity (Wildman–Crippen MR) is 84.6 cm³/mol. The highest BCUT2D eigenvalue weighted by Gasteiger charge is 2.14. The van der Waals surface area contributed by atoms with Crippen LogP contribution in [0.1, 0.15) is 27.2 Å². The number of H-pyrrole nitrogens is 1. The summed E-state index contributed by atoms with van der Waals surface area (Å²) in [5, 5.41) is 3.60. The lowest BCUT2D eigenvalue weighted by Gasteiger charge is -2.20. The summed E-state index contributed by atoms with van der Waals surface area (Å²) in [6, 6.07) is 5.56. The molecule has 0 unspecified atom stereocenters. The van der Waals surface area contributed by atoms with Gasteiger partial charge in [-0.2, -0.15) is 0 Å². The number of aryl methyl sites for hydroxylation is 1. The molecule has 0 atom stereocenters. The van der Waals surface area contributed by atoms with Crippen molar-refractivity contribution in [3.8, 4) is 0 Å². The SMILES string of the molecule is CC(C)(C)NC(=O)CCn1c(=S)[nH]c2cc(Cl)ccc21. The molecule has 1 heterocycles. The van der Waals surface area contributed by atoms with Gasteiger partial charge in [0.25, 0.3) is 0 Å². The molecule has 108 valence electrons. The van der Waals surface area contributed by atoms with Crippen molar-refractivity contribution >= 4 is 40.8 Å². The molecule has 1 aromatic carbocycles. The van der Waals surface area contributed by atoms with Crippen LogP contribution in [0.3, 0.4) is 0 Å². The monoisotopic (exact) mass is 311 g/mol. The van der Waals surface area contributed by atoms with Gasteiger partial charge in [0.1, 0.15) is 0 Å². The number of benzene rings is 1.